The number of benzene rings is 2. The van der Waals surface area contributed by atoms with Crippen LogP contribution in [0.15, 0.2) is 61.4 Å². The summed E-state index contributed by atoms with van der Waals surface area (Å²) in [5, 5.41) is 21.6. The van der Waals surface area contributed by atoms with Crippen molar-refractivity contribution in [1.82, 2.24) is 14.9 Å². The van der Waals surface area contributed by atoms with Crippen molar-refractivity contribution in [3.63, 3.8) is 0 Å². The molecule has 4 aromatic rings. The quantitative estimate of drug-likeness (QED) is 0.408. The van der Waals surface area contributed by atoms with Crippen molar-refractivity contribution in [3.05, 3.63) is 67.3 Å². The minimum Gasteiger partial charge on any atom is -0.508 e. The summed E-state index contributed by atoms with van der Waals surface area (Å²) < 4.78 is 16.2. The number of phenolic OH excluding ortho intramolecular Hbond substituents is 1. The molecule has 2 aromatic carbocycles. The largest absolute Gasteiger partial charge is 0.508 e. The number of amides is 2. The van der Waals surface area contributed by atoms with E-state index >= 15 is 4.39 Å². The molecule has 0 radical (unpaired) electrons. The summed E-state index contributed by atoms with van der Waals surface area (Å²) in [6, 6.07) is 11.3. The molecule has 2 aliphatic heterocycles. The van der Waals surface area contributed by atoms with Crippen molar-refractivity contribution in [2.45, 2.75) is 18.5 Å². The first-order valence-electron chi connectivity index (χ1n) is 12.4. The number of nitriles is 1. The molecule has 2 amide bonds. The molecule has 1 N–H and O–H groups in total. The molecule has 194 valence electrons. The lowest BCUT2D eigenvalue weighted by Crippen LogP contribution is -2.66. The Morgan fingerprint density at radius 3 is 2.79 bits per heavy atom. The van der Waals surface area contributed by atoms with Crippen LogP contribution in [0.25, 0.3) is 32.9 Å². The van der Waals surface area contributed by atoms with E-state index < -0.39 is 17.9 Å². The predicted molar refractivity (Wildman–Crippen MR) is 145 cm³/mol. The second-order valence-corrected chi connectivity index (χ2v) is 9.67. The second-order valence-electron chi connectivity index (χ2n) is 9.67. The smallest absolute Gasteiger partial charge is 0.251 e. The Balaban J connectivity index is 1.54. The van der Waals surface area contributed by atoms with Crippen LogP contribution in [0.5, 0.6) is 5.75 Å². The number of nitrogens with zero attached hydrogens (tertiary/aromatic N) is 6. The van der Waals surface area contributed by atoms with Crippen molar-refractivity contribution >= 4 is 44.9 Å². The van der Waals surface area contributed by atoms with Crippen LogP contribution in [0.3, 0.4) is 0 Å². The molecule has 4 heterocycles. The zero-order valence-corrected chi connectivity index (χ0v) is 21.0. The maximum atomic E-state index is 16.2. The van der Waals surface area contributed by atoms with Crippen LogP contribution in [0.1, 0.15) is 6.42 Å². The number of anilines is 2. The number of hydrogen-bond acceptors (Lipinski definition) is 7. The average molecular weight is 523 g/mol. The summed E-state index contributed by atoms with van der Waals surface area (Å²) in [4.78, 5) is 39.6. The summed E-state index contributed by atoms with van der Waals surface area (Å²) in [6.45, 7) is 3.82. The average Bonchev–Trinajstić information content (AvgIpc) is 2.94. The van der Waals surface area contributed by atoms with Crippen molar-refractivity contribution in [1.29, 1.82) is 5.26 Å². The molecule has 6 rings (SSSR count). The number of aromatic nitrogens is 2. The number of rotatable bonds is 3. The molecule has 0 aliphatic carbocycles. The molecule has 1 fully saturated rings. The van der Waals surface area contributed by atoms with Gasteiger partial charge in [-0.1, -0.05) is 30.8 Å². The highest BCUT2D eigenvalue weighted by molar-refractivity contribution is 6.12. The second kappa shape index (κ2) is 9.06. The lowest BCUT2D eigenvalue weighted by Gasteiger charge is -2.50. The first-order valence-corrected chi connectivity index (χ1v) is 12.4. The monoisotopic (exact) mass is 522 g/mol. The van der Waals surface area contributed by atoms with Crippen molar-refractivity contribution in [2.75, 3.05) is 29.9 Å². The van der Waals surface area contributed by atoms with Gasteiger partial charge < -0.3 is 19.8 Å². The van der Waals surface area contributed by atoms with Gasteiger partial charge in [0.1, 0.15) is 23.0 Å². The Morgan fingerprint density at radius 1 is 1.23 bits per heavy atom. The van der Waals surface area contributed by atoms with Gasteiger partial charge in [0.15, 0.2) is 5.82 Å². The topological polar surface area (TPSA) is 114 Å². The SMILES string of the molecule is C=CC(=O)N1CC2C(=O)N(C)c3cnc4c(F)c(-c5cc(O)cc6ccccc56)ncc4c3N2CC1CC#N. The third-order valence-electron chi connectivity index (χ3n) is 7.55. The summed E-state index contributed by atoms with van der Waals surface area (Å²) in [6.07, 6.45) is 4.22. The Morgan fingerprint density at radius 2 is 2.03 bits per heavy atom. The number of aromatic hydroxyl groups is 1. The lowest BCUT2D eigenvalue weighted by molar-refractivity contribution is -0.131. The molecule has 0 saturated carbocycles. The highest BCUT2D eigenvalue weighted by Gasteiger charge is 2.45. The minimum atomic E-state index is -0.732. The van der Waals surface area contributed by atoms with E-state index in [4.69, 9.17) is 0 Å². The van der Waals surface area contributed by atoms with E-state index in [9.17, 15) is 20.0 Å². The Labute approximate surface area is 223 Å². The van der Waals surface area contributed by atoms with E-state index in [1.54, 1.807) is 13.1 Å². The predicted octanol–water partition coefficient (Wildman–Crippen LogP) is 3.76. The number of carbonyl (C=O) groups excluding carboxylic acids is 2. The Hall–Kier alpha value is -5.04. The molecule has 2 unspecified atom stereocenters. The van der Waals surface area contributed by atoms with Gasteiger partial charge in [0, 0.05) is 30.7 Å². The van der Waals surface area contributed by atoms with Gasteiger partial charge in [-0.2, -0.15) is 5.26 Å². The molecule has 0 spiro atoms. The fraction of sp³-hybridized carbons (Fsp3) is 0.207. The number of phenols is 1. The summed E-state index contributed by atoms with van der Waals surface area (Å²) in [5.74, 6) is -1.26. The number of hydrogen-bond donors (Lipinski definition) is 1. The third kappa shape index (κ3) is 3.66. The highest BCUT2D eigenvalue weighted by Crippen LogP contribution is 2.44. The van der Waals surface area contributed by atoms with Gasteiger partial charge in [-0.05, 0) is 29.0 Å². The first-order chi connectivity index (χ1) is 18.8. The zero-order valence-electron chi connectivity index (χ0n) is 21.0. The first kappa shape index (κ1) is 24.3. The third-order valence-corrected chi connectivity index (χ3v) is 7.55. The van der Waals surface area contributed by atoms with Crippen LogP contribution in [0.2, 0.25) is 0 Å². The van der Waals surface area contributed by atoms with Crippen LogP contribution >= 0.6 is 0 Å². The number of likely N-dealkylation sites (N-methyl/N-ethyl adjacent to an activating group) is 1. The molecule has 39 heavy (non-hydrogen) atoms. The summed E-state index contributed by atoms with van der Waals surface area (Å²) >= 11 is 0. The molecule has 0 bridgehead atoms. The number of fused-ring (bicyclic) bond motifs is 6. The van der Waals surface area contributed by atoms with Gasteiger partial charge in [0.2, 0.25) is 5.91 Å². The van der Waals surface area contributed by atoms with E-state index in [-0.39, 0.29) is 48.3 Å². The van der Waals surface area contributed by atoms with Crippen molar-refractivity contribution < 1.29 is 19.1 Å². The van der Waals surface area contributed by atoms with Gasteiger partial charge >= 0.3 is 0 Å². The lowest BCUT2D eigenvalue weighted by atomic mass is 9.96. The molecule has 9 nitrogen and oxygen atoms in total. The Kier molecular flexibility index (Phi) is 5.65. The molecule has 2 aromatic heterocycles. The summed E-state index contributed by atoms with van der Waals surface area (Å²) in [7, 11) is 1.62. The normalized spacial score (nSPS) is 18.6. The van der Waals surface area contributed by atoms with Crippen molar-refractivity contribution in [3.8, 4) is 23.1 Å². The number of piperazine rings is 1. The number of pyridine rings is 2. The van der Waals surface area contributed by atoms with E-state index in [0.29, 0.717) is 22.3 Å². The van der Waals surface area contributed by atoms with Crippen molar-refractivity contribution in [2.24, 2.45) is 0 Å². The fourth-order valence-corrected chi connectivity index (χ4v) is 5.68. The molecular formula is C29H23FN6O3. The minimum absolute atomic E-state index is 0.0122. The van der Waals surface area contributed by atoms with Crippen LogP contribution in [0, 0.1) is 17.1 Å². The van der Waals surface area contributed by atoms with E-state index in [1.165, 1.54) is 34.3 Å². The summed E-state index contributed by atoms with van der Waals surface area (Å²) in [5.41, 5.74) is 1.59. The highest BCUT2D eigenvalue weighted by atomic mass is 19.1. The van der Waals surface area contributed by atoms with Gasteiger partial charge in [0.25, 0.3) is 5.91 Å². The van der Waals surface area contributed by atoms with Gasteiger partial charge in [-0.3, -0.25) is 19.6 Å². The maximum absolute atomic E-state index is 16.2. The van der Waals surface area contributed by atoms with Crippen LogP contribution in [-0.2, 0) is 9.59 Å². The van der Waals surface area contributed by atoms with Crippen LogP contribution < -0.4 is 9.80 Å². The van der Waals surface area contributed by atoms with Gasteiger partial charge in [-0.25, -0.2) is 4.39 Å². The molecule has 2 aliphatic rings. The van der Waals surface area contributed by atoms with Gasteiger partial charge in [-0.15, -0.1) is 0 Å². The van der Waals surface area contributed by atoms with E-state index in [1.807, 2.05) is 29.2 Å². The Bertz CT molecular complexity index is 1750. The fourth-order valence-electron chi connectivity index (χ4n) is 5.68. The van der Waals surface area contributed by atoms with E-state index in [2.05, 4.69) is 22.6 Å². The maximum Gasteiger partial charge on any atom is 0.251 e. The molecule has 1 saturated heterocycles. The van der Waals surface area contributed by atoms with E-state index in [0.717, 1.165) is 10.8 Å². The van der Waals surface area contributed by atoms with Crippen LogP contribution in [-0.4, -0.2) is 64.0 Å². The molecular weight excluding hydrogens is 499 g/mol. The van der Waals surface area contributed by atoms with Gasteiger partial charge in [0.05, 0.1) is 42.6 Å². The van der Waals surface area contributed by atoms with Crippen LogP contribution in [0.4, 0.5) is 15.8 Å². The number of halogens is 1. The molecule has 10 heteroatoms. The molecule has 2 atom stereocenters. The zero-order chi connectivity index (χ0) is 27.4. The standard InChI is InChI=1S/C29H23FN6O3/c1-3-24(38)35-15-23-29(39)34(2)22-13-33-27-21(28(22)36(23)14-17(35)8-9-31)12-32-26(25(27)30)20-11-18(37)10-16-6-4-5-7-19(16)20/h3-7,10-13,17,23,37H,1,8,14-15H2,2H3. The number of carbonyl (C=O) groups is 2.